The molecule has 32 heavy (non-hydrogen) atoms. The molecule has 2 atom stereocenters. The summed E-state index contributed by atoms with van der Waals surface area (Å²) < 4.78 is 38.6. The number of halogens is 4. The quantitative estimate of drug-likeness (QED) is 0.426. The molecular formula is C25H24ClF3N2O. The molecule has 0 bridgehead atoms. The molecule has 3 nitrogen and oxygen atoms in total. The van der Waals surface area contributed by atoms with E-state index in [1.54, 1.807) is 13.1 Å². The van der Waals surface area contributed by atoms with Crippen molar-refractivity contribution in [3.05, 3.63) is 106 Å². The second-order valence-electron chi connectivity index (χ2n) is 7.43. The SMILES string of the molecule is CNC(=O)C(NC(CCc1ccc(C(F)(F)F)cc1)c1ccccc1Cl)c1ccccc1. The highest BCUT2D eigenvalue weighted by atomic mass is 35.5. The highest BCUT2D eigenvalue weighted by Gasteiger charge is 2.30. The summed E-state index contributed by atoms with van der Waals surface area (Å²) >= 11 is 6.45. The van der Waals surface area contributed by atoms with Gasteiger partial charge in [-0.15, -0.1) is 0 Å². The van der Waals surface area contributed by atoms with Crippen LogP contribution in [0.15, 0.2) is 78.9 Å². The molecule has 0 saturated heterocycles. The van der Waals surface area contributed by atoms with Crippen molar-refractivity contribution < 1.29 is 18.0 Å². The third-order valence-corrected chi connectivity index (χ3v) is 5.64. The number of aryl methyl sites for hydroxylation is 1. The van der Waals surface area contributed by atoms with Crippen molar-refractivity contribution in [1.29, 1.82) is 0 Å². The van der Waals surface area contributed by atoms with Crippen LogP contribution in [0.25, 0.3) is 0 Å². The fourth-order valence-electron chi connectivity index (χ4n) is 3.57. The number of hydrogen-bond donors (Lipinski definition) is 2. The largest absolute Gasteiger partial charge is 0.416 e. The lowest BCUT2D eigenvalue weighted by molar-refractivity contribution is -0.137. The minimum absolute atomic E-state index is 0.192. The van der Waals surface area contributed by atoms with E-state index in [1.807, 2.05) is 48.5 Å². The van der Waals surface area contributed by atoms with Gasteiger partial charge in [-0.2, -0.15) is 13.2 Å². The first-order valence-electron chi connectivity index (χ1n) is 10.2. The van der Waals surface area contributed by atoms with E-state index < -0.39 is 17.8 Å². The van der Waals surface area contributed by atoms with Gasteiger partial charge in [0.2, 0.25) is 5.91 Å². The lowest BCUT2D eigenvalue weighted by Crippen LogP contribution is -2.38. The zero-order valence-electron chi connectivity index (χ0n) is 17.5. The molecule has 2 N–H and O–H groups in total. The van der Waals surface area contributed by atoms with Crippen LogP contribution < -0.4 is 10.6 Å². The van der Waals surface area contributed by atoms with Crippen LogP contribution in [0, 0.1) is 0 Å². The summed E-state index contributed by atoms with van der Waals surface area (Å²) in [6.45, 7) is 0. The standard InChI is InChI=1S/C25H24ClF3N2O/c1-30-24(32)23(18-7-3-2-4-8-18)31-22(20-9-5-6-10-21(20)26)16-13-17-11-14-19(15-12-17)25(27,28)29/h2-12,14-15,22-23,31H,13,16H2,1H3,(H,30,32). The number of hydrogen-bond acceptors (Lipinski definition) is 2. The Labute approximate surface area is 190 Å². The van der Waals surface area contributed by atoms with Gasteiger partial charge in [-0.05, 0) is 47.7 Å². The van der Waals surface area contributed by atoms with E-state index in [4.69, 9.17) is 11.6 Å². The summed E-state index contributed by atoms with van der Waals surface area (Å²) in [4.78, 5) is 12.7. The van der Waals surface area contributed by atoms with Crippen LogP contribution >= 0.6 is 11.6 Å². The number of likely N-dealkylation sites (N-methyl/N-ethyl adjacent to an activating group) is 1. The van der Waals surface area contributed by atoms with Crippen molar-refractivity contribution in [2.45, 2.75) is 31.1 Å². The molecule has 1 amide bonds. The van der Waals surface area contributed by atoms with Crippen molar-refractivity contribution in [3.8, 4) is 0 Å². The third-order valence-electron chi connectivity index (χ3n) is 5.29. The molecule has 0 saturated carbocycles. The zero-order valence-corrected chi connectivity index (χ0v) is 18.3. The molecule has 0 aliphatic rings. The molecule has 2 unspecified atom stereocenters. The highest BCUT2D eigenvalue weighted by Crippen LogP contribution is 2.31. The van der Waals surface area contributed by atoms with E-state index in [1.165, 1.54) is 12.1 Å². The number of nitrogens with one attached hydrogen (secondary N) is 2. The number of amides is 1. The first kappa shape index (κ1) is 23.8. The summed E-state index contributed by atoms with van der Waals surface area (Å²) in [5.74, 6) is -0.192. The van der Waals surface area contributed by atoms with Crippen LogP contribution in [0.1, 0.15) is 40.8 Å². The van der Waals surface area contributed by atoms with Gasteiger partial charge in [-0.25, -0.2) is 0 Å². The number of carbonyl (C=O) groups is 1. The van der Waals surface area contributed by atoms with Crippen molar-refractivity contribution in [2.24, 2.45) is 0 Å². The molecule has 3 aromatic rings. The molecule has 3 aromatic carbocycles. The Bertz CT molecular complexity index is 1020. The monoisotopic (exact) mass is 460 g/mol. The van der Waals surface area contributed by atoms with Gasteiger partial charge in [0.25, 0.3) is 0 Å². The van der Waals surface area contributed by atoms with Crippen molar-refractivity contribution in [3.63, 3.8) is 0 Å². The van der Waals surface area contributed by atoms with Crippen LogP contribution in [0.5, 0.6) is 0 Å². The molecule has 0 heterocycles. The molecular weight excluding hydrogens is 437 g/mol. The molecule has 0 radical (unpaired) electrons. The van der Waals surface area contributed by atoms with Gasteiger partial charge < -0.3 is 5.32 Å². The second kappa shape index (κ2) is 10.7. The minimum Gasteiger partial charge on any atom is -0.358 e. The zero-order chi connectivity index (χ0) is 23.1. The van der Waals surface area contributed by atoms with Gasteiger partial charge >= 0.3 is 6.18 Å². The van der Waals surface area contributed by atoms with Gasteiger partial charge in [0.1, 0.15) is 6.04 Å². The van der Waals surface area contributed by atoms with E-state index in [-0.39, 0.29) is 11.9 Å². The number of carbonyl (C=O) groups excluding carboxylic acids is 1. The lowest BCUT2D eigenvalue weighted by Gasteiger charge is -2.26. The Morgan fingerprint density at radius 2 is 1.56 bits per heavy atom. The Balaban J connectivity index is 1.85. The van der Waals surface area contributed by atoms with E-state index in [9.17, 15) is 18.0 Å². The topological polar surface area (TPSA) is 41.1 Å². The number of alkyl halides is 3. The Morgan fingerprint density at radius 3 is 2.16 bits per heavy atom. The molecule has 3 rings (SSSR count). The normalized spacial score (nSPS) is 13.4. The smallest absolute Gasteiger partial charge is 0.358 e. The highest BCUT2D eigenvalue weighted by molar-refractivity contribution is 6.31. The summed E-state index contributed by atoms with van der Waals surface area (Å²) in [7, 11) is 1.58. The maximum atomic E-state index is 12.9. The van der Waals surface area contributed by atoms with Gasteiger partial charge in [-0.3, -0.25) is 10.1 Å². The van der Waals surface area contributed by atoms with Gasteiger partial charge in [-0.1, -0.05) is 72.3 Å². The van der Waals surface area contributed by atoms with Crippen LogP contribution in [-0.2, 0) is 17.4 Å². The van der Waals surface area contributed by atoms with E-state index in [0.29, 0.717) is 17.9 Å². The van der Waals surface area contributed by atoms with Gasteiger partial charge in [0, 0.05) is 18.1 Å². The average Bonchev–Trinajstić information content (AvgIpc) is 2.79. The van der Waals surface area contributed by atoms with Gasteiger partial charge in [0.15, 0.2) is 0 Å². The molecule has 0 aliphatic heterocycles. The van der Waals surface area contributed by atoms with Gasteiger partial charge in [0.05, 0.1) is 5.56 Å². The Kier molecular flexibility index (Phi) is 7.94. The van der Waals surface area contributed by atoms with Crippen molar-refractivity contribution in [1.82, 2.24) is 10.6 Å². The fraction of sp³-hybridized carbons (Fsp3) is 0.240. The number of benzene rings is 3. The summed E-state index contributed by atoms with van der Waals surface area (Å²) in [5, 5.41) is 6.65. The summed E-state index contributed by atoms with van der Waals surface area (Å²) in [5.41, 5.74) is 1.73. The lowest BCUT2D eigenvalue weighted by atomic mass is 9.96. The molecule has 0 spiro atoms. The maximum Gasteiger partial charge on any atom is 0.416 e. The van der Waals surface area contributed by atoms with E-state index >= 15 is 0 Å². The second-order valence-corrected chi connectivity index (χ2v) is 7.84. The Morgan fingerprint density at radius 1 is 0.938 bits per heavy atom. The number of rotatable bonds is 8. The molecule has 7 heteroatoms. The Hall–Kier alpha value is -2.83. The van der Waals surface area contributed by atoms with Crippen molar-refractivity contribution >= 4 is 17.5 Å². The van der Waals surface area contributed by atoms with Crippen LogP contribution in [0.2, 0.25) is 5.02 Å². The average molecular weight is 461 g/mol. The first-order valence-corrected chi connectivity index (χ1v) is 10.6. The predicted molar refractivity (Wildman–Crippen MR) is 120 cm³/mol. The fourth-order valence-corrected chi connectivity index (χ4v) is 3.84. The summed E-state index contributed by atoms with van der Waals surface area (Å²) in [6, 6.07) is 20.9. The molecule has 0 aromatic heterocycles. The minimum atomic E-state index is -4.36. The van der Waals surface area contributed by atoms with E-state index in [0.717, 1.165) is 28.8 Å². The van der Waals surface area contributed by atoms with E-state index in [2.05, 4.69) is 10.6 Å². The summed E-state index contributed by atoms with van der Waals surface area (Å²) in [6.07, 6.45) is -3.32. The van der Waals surface area contributed by atoms with Crippen molar-refractivity contribution in [2.75, 3.05) is 7.05 Å². The van der Waals surface area contributed by atoms with Crippen LogP contribution in [-0.4, -0.2) is 13.0 Å². The molecule has 0 aliphatic carbocycles. The molecule has 168 valence electrons. The maximum absolute atomic E-state index is 12.9. The van der Waals surface area contributed by atoms with Crippen LogP contribution in [0.3, 0.4) is 0 Å². The first-order chi connectivity index (χ1) is 15.3. The molecule has 0 fully saturated rings. The van der Waals surface area contributed by atoms with Crippen LogP contribution in [0.4, 0.5) is 13.2 Å². The third kappa shape index (κ3) is 6.11. The predicted octanol–water partition coefficient (Wildman–Crippen LogP) is 6.11.